The summed E-state index contributed by atoms with van der Waals surface area (Å²) in [6, 6.07) is 13.3. The van der Waals surface area contributed by atoms with Crippen molar-refractivity contribution in [3.8, 4) is 5.75 Å². The minimum absolute atomic E-state index is 0.0184. The molecule has 2 saturated heterocycles. The van der Waals surface area contributed by atoms with E-state index >= 15 is 0 Å². The van der Waals surface area contributed by atoms with E-state index in [1.807, 2.05) is 4.90 Å². The van der Waals surface area contributed by atoms with E-state index in [0.717, 1.165) is 19.6 Å². The molecule has 2 aromatic carbocycles. The number of aromatic hydroxyl groups is 1. The van der Waals surface area contributed by atoms with Gasteiger partial charge in [0, 0.05) is 44.1 Å². The summed E-state index contributed by atoms with van der Waals surface area (Å²) in [5, 5.41) is 12.6. The topological polar surface area (TPSA) is 76.1 Å². The highest BCUT2D eigenvalue weighted by molar-refractivity contribution is 6.32. The van der Waals surface area contributed by atoms with E-state index in [0.29, 0.717) is 44.2 Å². The molecule has 2 heterocycles. The molecule has 2 aromatic rings. The number of rotatable bonds is 6. The Kier molecular flexibility index (Phi) is 7.63. The molecule has 8 heteroatoms. The van der Waals surface area contributed by atoms with Crippen LogP contribution in [-0.2, 0) is 9.59 Å². The third kappa shape index (κ3) is 5.83. The predicted molar refractivity (Wildman–Crippen MR) is 136 cm³/mol. The first-order chi connectivity index (χ1) is 16.3. The number of piperazine rings is 1. The van der Waals surface area contributed by atoms with Crippen molar-refractivity contribution >= 4 is 34.8 Å². The van der Waals surface area contributed by atoms with Crippen molar-refractivity contribution in [1.82, 2.24) is 9.80 Å². The average molecular weight is 485 g/mol. The van der Waals surface area contributed by atoms with Gasteiger partial charge in [-0.25, -0.2) is 0 Å². The van der Waals surface area contributed by atoms with Gasteiger partial charge >= 0.3 is 0 Å². The Labute approximate surface area is 206 Å². The molecular formula is C26H33ClN4O3. The monoisotopic (exact) mass is 484 g/mol. The number of nitrogens with one attached hydrogen (secondary N) is 1. The number of benzene rings is 2. The zero-order chi connectivity index (χ0) is 24.2. The number of carbonyl (C=O) groups excluding carboxylic acids is 2. The average Bonchev–Trinajstić information content (AvgIpc) is 3.30. The SMILES string of the molecule is CC(C)c1cccc(N2CCN(C(=O)CN3CC[C@@H](C(=O)Nc4ccc(O)c(Cl)c4)C3)CC2)c1. The number of nitrogens with zero attached hydrogens (tertiary/aromatic N) is 3. The Balaban J connectivity index is 1.23. The molecule has 2 aliphatic heterocycles. The van der Waals surface area contributed by atoms with Gasteiger partial charge in [0.25, 0.3) is 0 Å². The van der Waals surface area contributed by atoms with Crippen LogP contribution in [0.5, 0.6) is 5.75 Å². The van der Waals surface area contributed by atoms with Gasteiger partial charge in [-0.3, -0.25) is 14.5 Å². The van der Waals surface area contributed by atoms with Crippen molar-refractivity contribution in [2.75, 3.05) is 56.0 Å². The smallest absolute Gasteiger partial charge is 0.236 e. The van der Waals surface area contributed by atoms with Crippen LogP contribution in [0.15, 0.2) is 42.5 Å². The second-order valence-electron chi connectivity index (χ2n) is 9.49. The highest BCUT2D eigenvalue weighted by Crippen LogP contribution is 2.27. The maximum absolute atomic E-state index is 12.9. The number of amides is 2. The van der Waals surface area contributed by atoms with E-state index in [4.69, 9.17) is 11.6 Å². The van der Waals surface area contributed by atoms with E-state index in [9.17, 15) is 14.7 Å². The van der Waals surface area contributed by atoms with Crippen molar-refractivity contribution in [2.45, 2.75) is 26.2 Å². The number of hydrogen-bond acceptors (Lipinski definition) is 5. The molecule has 7 nitrogen and oxygen atoms in total. The lowest BCUT2D eigenvalue weighted by molar-refractivity contribution is -0.132. The summed E-state index contributed by atoms with van der Waals surface area (Å²) in [5.74, 6) is 0.338. The van der Waals surface area contributed by atoms with Gasteiger partial charge in [0.15, 0.2) is 0 Å². The fourth-order valence-electron chi connectivity index (χ4n) is 4.61. The van der Waals surface area contributed by atoms with Crippen molar-refractivity contribution in [1.29, 1.82) is 0 Å². The summed E-state index contributed by atoms with van der Waals surface area (Å²) in [7, 11) is 0. The number of hydrogen-bond donors (Lipinski definition) is 2. The van der Waals surface area contributed by atoms with Gasteiger partial charge < -0.3 is 20.2 Å². The van der Waals surface area contributed by atoms with Crippen LogP contribution in [0.4, 0.5) is 11.4 Å². The number of phenols is 1. The number of phenolic OH excluding ortho intramolecular Hbond substituents is 1. The molecule has 1 atom stereocenters. The lowest BCUT2D eigenvalue weighted by Gasteiger charge is -2.37. The Bertz CT molecular complexity index is 1040. The first kappa shape index (κ1) is 24.4. The first-order valence-corrected chi connectivity index (χ1v) is 12.3. The summed E-state index contributed by atoms with van der Waals surface area (Å²) in [6.07, 6.45) is 0.713. The van der Waals surface area contributed by atoms with Crippen LogP contribution < -0.4 is 10.2 Å². The number of anilines is 2. The molecular weight excluding hydrogens is 452 g/mol. The molecule has 0 spiro atoms. The van der Waals surface area contributed by atoms with Gasteiger partial charge in [-0.05, 0) is 54.8 Å². The van der Waals surface area contributed by atoms with Gasteiger partial charge in [0.1, 0.15) is 5.75 Å². The summed E-state index contributed by atoms with van der Waals surface area (Å²) < 4.78 is 0. The Hall–Kier alpha value is -2.77. The van der Waals surface area contributed by atoms with Gasteiger partial charge in [-0.2, -0.15) is 0 Å². The summed E-state index contributed by atoms with van der Waals surface area (Å²) in [6.45, 7) is 9.11. The Morgan fingerprint density at radius 3 is 2.56 bits per heavy atom. The molecule has 2 fully saturated rings. The maximum Gasteiger partial charge on any atom is 0.236 e. The fourth-order valence-corrected chi connectivity index (χ4v) is 4.79. The van der Waals surface area contributed by atoms with Crippen molar-refractivity contribution in [3.63, 3.8) is 0 Å². The van der Waals surface area contributed by atoms with Crippen LogP contribution in [0.25, 0.3) is 0 Å². The van der Waals surface area contributed by atoms with E-state index in [1.54, 1.807) is 6.07 Å². The molecule has 0 bridgehead atoms. The highest BCUT2D eigenvalue weighted by atomic mass is 35.5. The molecule has 34 heavy (non-hydrogen) atoms. The van der Waals surface area contributed by atoms with Crippen LogP contribution in [-0.4, -0.2) is 72.5 Å². The Morgan fingerprint density at radius 2 is 1.85 bits per heavy atom. The normalized spacial score (nSPS) is 19.0. The van der Waals surface area contributed by atoms with E-state index in [1.165, 1.54) is 23.4 Å². The summed E-state index contributed by atoms with van der Waals surface area (Å²) >= 11 is 5.92. The largest absolute Gasteiger partial charge is 0.506 e. The molecule has 182 valence electrons. The number of halogens is 1. The van der Waals surface area contributed by atoms with Gasteiger partial charge in [0.05, 0.1) is 17.5 Å². The summed E-state index contributed by atoms with van der Waals surface area (Å²) in [5.41, 5.74) is 3.11. The Morgan fingerprint density at radius 1 is 1.09 bits per heavy atom. The van der Waals surface area contributed by atoms with Crippen molar-refractivity contribution in [3.05, 3.63) is 53.1 Å². The molecule has 0 aromatic heterocycles. The van der Waals surface area contributed by atoms with Crippen LogP contribution in [0.2, 0.25) is 5.02 Å². The number of carbonyl (C=O) groups is 2. The maximum atomic E-state index is 12.9. The van der Waals surface area contributed by atoms with Crippen LogP contribution >= 0.6 is 11.6 Å². The third-order valence-electron chi connectivity index (χ3n) is 6.75. The van der Waals surface area contributed by atoms with Crippen LogP contribution in [0.3, 0.4) is 0 Å². The molecule has 0 saturated carbocycles. The van der Waals surface area contributed by atoms with E-state index in [-0.39, 0.29) is 28.5 Å². The van der Waals surface area contributed by atoms with Crippen LogP contribution in [0, 0.1) is 5.92 Å². The first-order valence-electron chi connectivity index (χ1n) is 11.9. The minimum Gasteiger partial charge on any atom is -0.506 e. The number of likely N-dealkylation sites (tertiary alicyclic amines) is 1. The quantitative estimate of drug-likeness (QED) is 0.610. The highest BCUT2D eigenvalue weighted by Gasteiger charge is 2.31. The van der Waals surface area contributed by atoms with Gasteiger partial charge in [0.2, 0.25) is 11.8 Å². The minimum atomic E-state index is -0.176. The zero-order valence-corrected chi connectivity index (χ0v) is 20.6. The lowest BCUT2D eigenvalue weighted by atomic mass is 10.0. The third-order valence-corrected chi connectivity index (χ3v) is 7.05. The molecule has 0 aliphatic carbocycles. The summed E-state index contributed by atoms with van der Waals surface area (Å²) in [4.78, 5) is 31.9. The fraction of sp³-hybridized carbons (Fsp3) is 0.462. The standard InChI is InChI=1S/C26H33ClN4O3/c1-18(2)19-4-3-5-22(14-19)30-10-12-31(13-11-30)25(33)17-29-9-8-20(16-29)26(34)28-21-6-7-24(32)23(27)15-21/h3-7,14-15,18,20,32H,8-13,16-17H2,1-2H3,(H,28,34)/t20-/m1/s1. The predicted octanol–water partition coefficient (Wildman–Crippen LogP) is 3.78. The molecule has 4 rings (SSSR count). The van der Waals surface area contributed by atoms with Gasteiger partial charge in [-0.1, -0.05) is 37.6 Å². The lowest BCUT2D eigenvalue weighted by Crippen LogP contribution is -2.51. The molecule has 0 unspecified atom stereocenters. The molecule has 2 amide bonds. The van der Waals surface area contributed by atoms with Crippen molar-refractivity contribution in [2.24, 2.45) is 5.92 Å². The van der Waals surface area contributed by atoms with Gasteiger partial charge in [-0.15, -0.1) is 0 Å². The second-order valence-corrected chi connectivity index (χ2v) is 9.90. The second kappa shape index (κ2) is 10.7. The molecule has 0 radical (unpaired) electrons. The molecule has 2 N–H and O–H groups in total. The molecule has 2 aliphatic rings. The van der Waals surface area contributed by atoms with Crippen LogP contribution in [0.1, 0.15) is 31.7 Å². The zero-order valence-electron chi connectivity index (χ0n) is 19.8. The van der Waals surface area contributed by atoms with Crippen molar-refractivity contribution < 1.29 is 14.7 Å². The van der Waals surface area contributed by atoms with E-state index in [2.05, 4.69) is 53.2 Å². The van der Waals surface area contributed by atoms with E-state index < -0.39 is 0 Å².